The van der Waals surface area contributed by atoms with Crippen LogP contribution in [0.15, 0.2) is 18.2 Å². The van der Waals surface area contributed by atoms with E-state index in [0.717, 1.165) is 0 Å². The Balaban J connectivity index is 2.56. The summed E-state index contributed by atoms with van der Waals surface area (Å²) >= 11 is 0. The fourth-order valence-corrected chi connectivity index (χ4v) is 1.91. The number of carbonyl (C=O) groups excluding carboxylic acids is 2. The van der Waals surface area contributed by atoms with E-state index in [2.05, 4.69) is 0 Å². The average molecular weight is 232 g/mol. The molecule has 0 saturated carbocycles. The number of rotatable bonds is 2. The van der Waals surface area contributed by atoms with Crippen LogP contribution < -0.4 is 15.2 Å². The van der Waals surface area contributed by atoms with Gasteiger partial charge in [-0.15, -0.1) is 0 Å². The quantitative estimate of drug-likeness (QED) is 0.656. The molecule has 2 rings (SSSR count). The van der Waals surface area contributed by atoms with Crippen LogP contribution in [0.4, 0.5) is 0 Å². The molecule has 1 aromatic carbocycles. The predicted molar refractivity (Wildman–Crippen MR) is 60.6 cm³/mol. The Labute approximate surface area is 98.2 Å². The van der Waals surface area contributed by atoms with Crippen molar-refractivity contribution in [3.05, 3.63) is 28.6 Å². The van der Waals surface area contributed by atoms with Crippen molar-refractivity contribution in [2.45, 2.75) is 20.0 Å². The van der Waals surface area contributed by atoms with E-state index in [-0.39, 0.29) is 0 Å². The minimum atomic E-state index is -0.751. The summed E-state index contributed by atoms with van der Waals surface area (Å²) in [7, 11) is 0. The second kappa shape index (κ2) is 4.44. The molecule has 4 nitrogen and oxygen atoms in total. The summed E-state index contributed by atoms with van der Waals surface area (Å²) in [6.07, 6.45) is -0.751. The highest BCUT2D eigenvalue weighted by Crippen LogP contribution is 2.19. The molecule has 0 aliphatic carbocycles. The number of hydrogen-bond acceptors (Lipinski definition) is 4. The first kappa shape index (κ1) is 11.4. The van der Waals surface area contributed by atoms with Gasteiger partial charge in [0.05, 0.1) is 11.8 Å². The van der Waals surface area contributed by atoms with Gasteiger partial charge in [-0.3, -0.25) is 0 Å². The molecule has 1 atom stereocenters. The van der Waals surface area contributed by atoms with Crippen LogP contribution in [-0.4, -0.2) is 24.6 Å². The number of hydrogen-bond donors (Lipinski definition) is 0. The SMILES string of the molecule is CCOC(=O)C1Oc2cccc(=C=O)c2=C1C. The van der Waals surface area contributed by atoms with Crippen molar-refractivity contribution in [2.75, 3.05) is 6.61 Å². The van der Waals surface area contributed by atoms with Crippen molar-refractivity contribution in [2.24, 2.45) is 0 Å². The minimum Gasteiger partial charge on any atom is -0.474 e. The summed E-state index contributed by atoms with van der Waals surface area (Å²) in [6.45, 7) is 3.79. The molecule has 1 unspecified atom stereocenters. The van der Waals surface area contributed by atoms with E-state index in [1.807, 2.05) is 5.94 Å². The van der Waals surface area contributed by atoms with Crippen LogP contribution >= 0.6 is 0 Å². The lowest BCUT2D eigenvalue weighted by Crippen LogP contribution is -2.29. The molecule has 0 fully saturated rings. The van der Waals surface area contributed by atoms with Crippen molar-refractivity contribution >= 4 is 17.5 Å². The molecule has 1 aliphatic rings. The fraction of sp³-hybridized carbons (Fsp3) is 0.308. The molecule has 88 valence electrons. The third-order valence-electron chi connectivity index (χ3n) is 2.67. The Bertz CT molecular complexity index is 596. The molecule has 0 radical (unpaired) electrons. The lowest BCUT2D eigenvalue weighted by molar-refractivity contribution is -0.148. The van der Waals surface area contributed by atoms with Crippen LogP contribution in [0.3, 0.4) is 0 Å². The van der Waals surface area contributed by atoms with Gasteiger partial charge in [0, 0.05) is 5.22 Å². The zero-order valence-corrected chi connectivity index (χ0v) is 9.65. The van der Waals surface area contributed by atoms with Crippen LogP contribution in [0.2, 0.25) is 0 Å². The smallest absolute Gasteiger partial charge is 0.351 e. The molecular weight excluding hydrogens is 220 g/mol. The van der Waals surface area contributed by atoms with Crippen molar-refractivity contribution in [1.82, 2.24) is 0 Å². The maximum absolute atomic E-state index is 11.7. The zero-order chi connectivity index (χ0) is 12.4. The van der Waals surface area contributed by atoms with Crippen LogP contribution in [0.1, 0.15) is 13.8 Å². The summed E-state index contributed by atoms with van der Waals surface area (Å²) in [5.41, 5.74) is 0.692. The third kappa shape index (κ3) is 1.83. The maximum atomic E-state index is 11.7. The van der Waals surface area contributed by atoms with E-state index in [1.54, 1.807) is 32.0 Å². The van der Waals surface area contributed by atoms with Gasteiger partial charge >= 0.3 is 5.97 Å². The Morgan fingerprint density at radius 3 is 2.94 bits per heavy atom. The predicted octanol–water partition coefficient (Wildman–Crippen LogP) is -0.316. The topological polar surface area (TPSA) is 52.6 Å². The molecule has 1 aromatic rings. The average Bonchev–Trinajstić information content (AvgIpc) is 2.67. The van der Waals surface area contributed by atoms with Gasteiger partial charge in [0.2, 0.25) is 6.10 Å². The van der Waals surface area contributed by atoms with Crippen LogP contribution in [0.25, 0.3) is 5.57 Å². The molecule has 1 aliphatic heterocycles. The number of carbonyl (C=O) groups is 1. The van der Waals surface area contributed by atoms with Crippen LogP contribution in [0, 0.1) is 0 Å². The molecule has 17 heavy (non-hydrogen) atoms. The minimum absolute atomic E-state index is 0.301. The summed E-state index contributed by atoms with van der Waals surface area (Å²) in [5.74, 6) is 1.94. The Morgan fingerprint density at radius 2 is 2.29 bits per heavy atom. The second-order valence-corrected chi connectivity index (χ2v) is 3.71. The first-order valence-corrected chi connectivity index (χ1v) is 5.37. The largest absolute Gasteiger partial charge is 0.474 e. The lowest BCUT2D eigenvalue weighted by Gasteiger charge is -2.11. The summed E-state index contributed by atoms with van der Waals surface area (Å²) in [4.78, 5) is 22.5. The summed E-state index contributed by atoms with van der Waals surface area (Å²) in [5, 5.41) is 1.06. The van der Waals surface area contributed by atoms with Gasteiger partial charge < -0.3 is 9.47 Å². The highest BCUT2D eigenvalue weighted by Gasteiger charge is 2.30. The van der Waals surface area contributed by atoms with Gasteiger partial charge in [-0.2, -0.15) is 0 Å². The molecule has 0 spiro atoms. The standard InChI is InChI=1S/C13H12O4/c1-3-16-13(15)12-8(2)11-9(7-14)5-4-6-10(11)17-12/h4-6,12H,3H2,1-2H3. The normalized spacial score (nSPS) is 17.1. The second-order valence-electron chi connectivity index (χ2n) is 3.71. The van der Waals surface area contributed by atoms with E-state index >= 15 is 0 Å². The van der Waals surface area contributed by atoms with Gasteiger partial charge in [0.25, 0.3) is 0 Å². The molecule has 4 heteroatoms. The van der Waals surface area contributed by atoms with Crippen molar-refractivity contribution in [3.8, 4) is 5.75 Å². The zero-order valence-electron chi connectivity index (χ0n) is 9.65. The third-order valence-corrected chi connectivity index (χ3v) is 2.67. The molecule has 0 bridgehead atoms. The van der Waals surface area contributed by atoms with E-state index < -0.39 is 12.1 Å². The fourth-order valence-electron chi connectivity index (χ4n) is 1.91. The molecule has 0 amide bonds. The first-order chi connectivity index (χ1) is 8.19. The first-order valence-electron chi connectivity index (χ1n) is 5.37. The molecule has 1 heterocycles. The Hall–Kier alpha value is -2.06. The van der Waals surface area contributed by atoms with Crippen molar-refractivity contribution in [1.29, 1.82) is 0 Å². The van der Waals surface area contributed by atoms with E-state index in [1.165, 1.54) is 0 Å². The molecule has 0 N–H and O–H groups in total. The number of benzene rings is 1. The molecule has 0 saturated heterocycles. The number of ether oxygens (including phenoxy) is 2. The van der Waals surface area contributed by atoms with Gasteiger partial charge in [-0.05, 0) is 31.6 Å². The summed E-state index contributed by atoms with van der Waals surface area (Å²) < 4.78 is 10.4. The lowest BCUT2D eigenvalue weighted by atomic mass is 10.1. The number of esters is 1. The Morgan fingerprint density at radius 1 is 1.53 bits per heavy atom. The molecular formula is C13H12O4. The van der Waals surface area contributed by atoms with Crippen LogP contribution in [0.5, 0.6) is 5.75 Å². The molecule has 0 aromatic heterocycles. The highest BCUT2D eigenvalue weighted by molar-refractivity contribution is 5.88. The van der Waals surface area contributed by atoms with Crippen LogP contribution in [-0.2, 0) is 14.3 Å². The van der Waals surface area contributed by atoms with E-state index in [4.69, 9.17) is 9.47 Å². The maximum Gasteiger partial charge on any atom is 0.351 e. The summed E-state index contributed by atoms with van der Waals surface area (Å²) in [6, 6.07) is 5.06. The van der Waals surface area contributed by atoms with Gasteiger partial charge in [0.1, 0.15) is 11.7 Å². The van der Waals surface area contributed by atoms with Gasteiger partial charge in [0.15, 0.2) is 0 Å². The van der Waals surface area contributed by atoms with E-state index in [0.29, 0.717) is 28.4 Å². The van der Waals surface area contributed by atoms with Gasteiger partial charge in [-0.1, -0.05) is 6.07 Å². The van der Waals surface area contributed by atoms with Gasteiger partial charge in [-0.25, -0.2) is 9.59 Å². The number of fused-ring (bicyclic) bond motifs is 1. The van der Waals surface area contributed by atoms with E-state index in [9.17, 15) is 9.59 Å². The Kier molecular flexibility index (Phi) is 2.98. The van der Waals surface area contributed by atoms with Crippen molar-refractivity contribution in [3.63, 3.8) is 0 Å². The van der Waals surface area contributed by atoms with Crippen molar-refractivity contribution < 1.29 is 19.1 Å². The monoisotopic (exact) mass is 232 g/mol. The highest BCUT2D eigenvalue weighted by atomic mass is 16.6.